The number of rotatable bonds is 8. The van der Waals surface area contributed by atoms with Crippen LogP contribution in [0.4, 0.5) is 5.69 Å². The quantitative estimate of drug-likeness (QED) is 0.369. The SMILES string of the molecule is C=CCON([C@H]1CN[C@H](C(N)=O)C=C1C)S(=O)(=O)c1ccc([N+](=O)[O-])cc1. The van der Waals surface area contributed by atoms with E-state index in [2.05, 4.69) is 11.9 Å². The van der Waals surface area contributed by atoms with Gasteiger partial charge in [0, 0.05) is 18.7 Å². The van der Waals surface area contributed by atoms with Crippen LogP contribution in [-0.2, 0) is 19.7 Å². The minimum atomic E-state index is -4.14. The number of hydroxylamine groups is 1. The summed E-state index contributed by atoms with van der Waals surface area (Å²) in [7, 11) is -4.14. The summed E-state index contributed by atoms with van der Waals surface area (Å²) in [5.41, 5.74) is 5.62. The molecule has 1 aromatic rings. The highest BCUT2D eigenvalue weighted by Crippen LogP contribution is 2.25. The lowest BCUT2D eigenvalue weighted by Crippen LogP contribution is -2.53. The van der Waals surface area contributed by atoms with Crippen molar-refractivity contribution in [1.82, 2.24) is 9.79 Å². The number of nitrogens with two attached hydrogens (primary N) is 1. The van der Waals surface area contributed by atoms with Crippen molar-refractivity contribution < 1.29 is 23.0 Å². The molecule has 0 spiro atoms. The lowest BCUT2D eigenvalue weighted by molar-refractivity contribution is -0.384. The van der Waals surface area contributed by atoms with E-state index >= 15 is 0 Å². The molecular formula is C16H20N4O6S. The standard InChI is InChI=1S/C16H20N4O6S/c1-3-8-26-20(15-10-18-14(16(17)21)9-11(15)2)27(24,25)13-6-4-12(5-7-13)19(22)23/h3-7,9,14-15,18H,1,8,10H2,2H3,(H2,17,21)/t14-,15-/m0/s1. The molecule has 27 heavy (non-hydrogen) atoms. The first-order valence-corrected chi connectivity index (χ1v) is 9.36. The van der Waals surface area contributed by atoms with Gasteiger partial charge in [-0.1, -0.05) is 22.2 Å². The molecule has 146 valence electrons. The molecule has 0 bridgehead atoms. The van der Waals surface area contributed by atoms with Crippen molar-refractivity contribution in [3.8, 4) is 0 Å². The highest BCUT2D eigenvalue weighted by Gasteiger charge is 2.36. The third kappa shape index (κ3) is 4.57. The number of carbonyl (C=O) groups is 1. The molecule has 10 nitrogen and oxygen atoms in total. The van der Waals surface area contributed by atoms with Gasteiger partial charge in [0.2, 0.25) is 5.91 Å². The van der Waals surface area contributed by atoms with Crippen LogP contribution in [0.15, 0.2) is 53.5 Å². The van der Waals surface area contributed by atoms with E-state index in [9.17, 15) is 23.3 Å². The molecule has 1 aliphatic heterocycles. The zero-order valence-electron chi connectivity index (χ0n) is 14.6. The van der Waals surface area contributed by atoms with Gasteiger partial charge in [-0.3, -0.25) is 19.7 Å². The molecule has 0 aliphatic carbocycles. The molecule has 0 aromatic heterocycles. The Kier molecular flexibility index (Phi) is 6.44. The van der Waals surface area contributed by atoms with Crippen LogP contribution in [0, 0.1) is 10.1 Å². The molecule has 0 saturated carbocycles. The summed E-state index contributed by atoms with van der Waals surface area (Å²) in [6.07, 6.45) is 2.92. The fourth-order valence-electron chi connectivity index (χ4n) is 2.55. The molecule has 2 atom stereocenters. The van der Waals surface area contributed by atoms with Crippen LogP contribution < -0.4 is 11.1 Å². The summed E-state index contributed by atoms with van der Waals surface area (Å²) < 4.78 is 26.9. The molecule has 1 aliphatic rings. The third-order valence-electron chi connectivity index (χ3n) is 3.95. The summed E-state index contributed by atoms with van der Waals surface area (Å²) >= 11 is 0. The topological polar surface area (TPSA) is 145 Å². The first-order valence-electron chi connectivity index (χ1n) is 7.92. The summed E-state index contributed by atoms with van der Waals surface area (Å²) in [5, 5.41) is 13.6. The van der Waals surface area contributed by atoms with Gasteiger partial charge in [-0.05, 0) is 19.1 Å². The zero-order valence-corrected chi connectivity index (χ0v) is 15.4. The van der Waals surface area contributed by atoms with Crippen LogP contribution in [0.2, 0.25) is 0 Å². The van der Waals surface area contributed by atoms with Gasteiger partial charge in [-0.15, -0.1) is 6.58 Å². The van der Waals surface area contributed by atoms with Crippen LogP contribution >= 0.6 is 0 Å². The van der Waals surface area contributed by atoms with Crippen molar-refractivity contribution in [2.75, 3.05) is 13.2 Å². The van der Waals surface area contributed by atoms with E-state index < -0.39 is 32.9 Å². The summed E-state index contributed by atoms with van der Waals surface area (Å²) in [6, 6.07) is 3.04. The fraction of sp³-hybridized carbons (Fsp3) is 0.312. The minimum Gasteiger partial charge on any atom is -0.368 e. The van der Waals surface area contributed by atoms with Gasteiger partial charge < -0.3 is 11.1 Å². The molecule has 0 saturated heterocycles. The number of carbonyl (C=O) groups excluding carboxylic acids is 1. The minimum absolute atomic E-state index is 0.0742. The molecule has 3 N–H and O–H groups in total. The number of primary amides is 1. The Labute approximate surface area is 156 Å². The van der Waals surface area contributed by atoms with E-state index in [1.54, 1.807) is 6.92 Å². The second kappa shape index (κ2) is 8.39. The van der Waals surface area contributed by atoms with Gasteiger partial charge in [0.1, 0.15) is 6.04 Å². The highest BCUT2D eigenvalue weighted by atomic mass is 32.2. The number of nitrogens with zero attached hydrogens (tertiary/aromatic N) is 2. The van der Waals surface area contributed by atoms with E-state index in [0.717, 1.165) is 28.7 Å². The molecular weight excluding hydrogens is 376 g/mol. The van der Waals surface area contributed by atoms with E-state index in [-0.39, 0.29) is 23.7 Å². The van der Waals surface area contributed by atoms with E-state index in [0.29, 0.717) is 5.57 Å². The van der Waals surface area contributed by atoms with E-state index in [4.69, 9.17) is 10.6 Å². The van der Waals surface area contributed by atoms with Gasteiger partial charge in [0.05, 0.1) is 22.5 Å². The molecule has 1 amide bonds. The third-order valence-corrected chi connectivity index (χ3v) is 5.65. The Morgan fingerprint density at radius 3 is 2.59 bits per heavy atom. The van der Waals surface area contributed by atoms with Crippen molar-refractivity contribution in [3.63, 3.8) is 0 Å². The molecule has 0 unspecified atom stereocenters. The predicted octanol–water partition coefficient (Wildman–Crippen LogP) is 0.475. The molecule has 1 heterocycles. The molecule has 0 fully saturated rings. The van der Waals surface area contributed by atoms with Crippen molar-refractivity contribution in [3.05, 3.63) is 58.7 Å². The van der Waals surface area contributed by atoms with Crippen molar-refractivity contribution in [2.24, 2.45) is 5.73 Å². The normalized spacial score (nSPS) is 20.1. The second-order valence-corrected chi connectivity index (χ2v) is 7.59. The Morgan fingerprint density at radius 2 is 2.11 bits per heavy atom. The van der Waals surface area contributed by atoms with Crippen molar-refractivity contribution >= 4 is 21.6 Å². The number of nitro benzene ring substituents is 1. The number of benzene rings is 1. The number of nitrogens with one attached hydrogen (secondary N) is 1. The Hall–Kier alpha value is -2.60. The first-order chi connectivity index (χ1) is 12.7. The Balaban J connectivity index is 2.40. The van der Waals surface area contributed by atoms with Gasteiger partial charge in [-0.2, -0.15) is 0 Å². The maximum atomic E-state index is 13.0. The highest BCUT2D eigenvalue weighted by molar-refractivity contribution is 7.89. The number of nitro groups is 1. The summed E-state index contributed by atoms with van der Waals surface area (Å²) in [4.78, 5) is 26.7. The van der Waals surface area contributed by atoms with Crippen LogP contribution in [0.3, 0.4) is 0 Å². The number of hydrogen-bond acceptors (Lipinski definition) is 7. The zero-order chi connectivity index (χ0) is 20.2. The Bertz CT molecular complexity index is 865. The van der Waals surface area contributed by atoms with Crippen LogP contribution in [0.5, 0.6) is 0 Å². The van der Waals surface area contributed by atoms with Gasteiger partial charge >= 0.3 is 0 Å². The van der Waals surface area contributed by atoms with Crippen molar-refractivity contribution in [1.29, 1.82) is 0 Å². The number of amides is 1. The van der Waals surface area contributed by atoms with Gasteiger partial charge in [0.15, 0.2) is 0 Å². The lowest BCUT2D eigenvalue weighted by atomic mass is 10.0. The summed E-state index contributed by atoms with van der Waals surface area (Å²) in [5.74, 6) is -0.579. The smallest absolute Gasteiger partial charge is 0.269 e. The second-order valence-electron chi connectivity index (χ2n) is 5.81. The predicted molar refractivity (Wildman–Crippen MR) is 96.8 cm³/mol. The van der Waals surface area contributed by atoms with E-state index in [1.807, 2.05) is 0 Å². The van der Waals surface area contributed by atoms with Crippen LogP contribution in [0.25, 0.3) is 0 Å². The monoisotopic (exact) mass is 396 g/mol. The number of sulfonamides is 1. The van der Waals surface area contributed by atoms with Gasteiger partial charge in [-0.25, -0.2) is 8.42 Å². The Morgan fingerprint density at radius 1 is 1.48 bits per heavy atom. The maximum Gasteiger partial charge on any atom is 0.269 e. The molecule has 0 radical (unpaired) electrons. The maximum absolute atomic E-state index is 13.0. The molecule has 11 heteroatoms. The largest absolute Gasteiger partial charge is 0.368 e. The lowest BCUT2D eigenvalue weighted by Gasteiger charge is -2.34. The summed E-state index contributed by atoms with van der Waals surface area (Å²) in [6.45, 7) is 5.19. The van der Waals surface area contributed by atoms with Crippen LogP contribution in [-0.4, -0.2) is 49.0 Å². The van der Waals surface area contributed by atoms with E-state index in [1.165, 1.54) is 12.2 Å². The van der Waals surface area contributed by atoms with Crippen molar-refractivity contribution in [2.45, 2.75) is 23.9 Å². The van der Waals surface area contributed by atoms with Gasteiger partial charge in [0.25, 0.3) is 15.7 Å². The molecule has 1 aromatic carbocycles. The average Bonchev–Trinajstić information content (AvgIpc) is 2.62. The first kappa shape index (κ1) is 20.7. The van der Waals surface area contributed by atoms with Crippen LogP contribution in [0.1, 0.15) is 6.92 Å². The average molecular weight is 396 g/mol. The fourth-order valence-corrected chi connectivity index (χ4v) is 4.02. The number of non-ortho nitro benzene ring substituents is 1. The number of hydrogen-bond donors (Lipinski definition) is 2. The molecule has 2 rings (SSSR count).